The minimum Gasteiger partial charge on any atom is -0.338 e. The second kappa shape index (κ2) is 9.92. The molecule has 1 saturated heterocycles. The predicted molar refractivity (Wildman–Crippen MR) is 128 cm³/mol. The van der Waals surface area contributed by atoms with Crippen molar-refractivity contribution in [3.63, 3.8) is 0 Å². The van der Waals surface area contributed by atoms with Gasteiger partial charge in [-0.2, -0.15) is 18.4 Å². The highest BCUT2D eigenvalue weighted by Gasteiger charge is 2.30. The molecule has 0 aliphatic carbocycles. The number of carbonyl (C=O) groups excluding carboxylic acids is 1. The van der Waals surface area contributed by atoms with Crippen LogP contribution in [-0.2, 0) is 17.4 Å². The van der Waals surface area contributed by atoms with E-state index in [1.54, 1.807) is 17.0 Å². The van der Waals surface area contributed by atoms with Crippen LogP contribution in [0.4, 0.5) is 13.2 Å². The van der Waals surface area contributed by atoms with E-state index in [4.69, 9.17) is 0 Å². The summed E-state index contributed by atoms with van der Waals surface area (Å²) in [5, 5.41) is 9.90. The number of rotatable bonds is 4. The van der Waals surface area contributed by atoms with Crippen LogP contribution in [0.1, 0.15) is 36.5 Å². The molecular formula is C26H22F3N3O2S. The van der Waals surface area contributed by atoms with E-state index < -0.39 is 23.2 Å². The molecule has 0 N–H and O–H groups in total. The average Bonchev–Trinajstić information content (AvgIpc) is 3.49. The number of hydrogen-bond donors (Lipinski definition) is 0. The number of amides is 1. The van der Waals surface area contributed by atoms with Gasteiger partial charge in [0.1, 0.15) is 10.7 Å². The minimum atomic E-state index is -4.46. The van der Waals surface area contributed by atoms with Crippen LogP contribution in [0.15, 0.2) is 53.3 Å². The molecule has 1 aliphatic rings. The molecule has 0 spiro atoms. The Morgan fingerprint density at radius 2 is 1.71 bits per heavy atom. The van der Waals surface area contributed by atoms with Crippen molar-refractivity contribution in [1.82, 2.24) is 9.47 Å². The Morgan fingerprint density at radius 1 is 1.09 bits per heavy atom. The zero-order valence-electron chi connectivity index (χ0n) is 18.9. The molecule has 0 atom stereocenters. The van der Waals surface area contributed by atoms with Gasteiger partial charge in [0.25, 0.3) is 11.5 Å². The number of alkyl halides is 3. The van der Waals surface area contributed by atoms with Crippen molar-refractivity contribution >= 4 is 28.9 Å². The molecule has 2 heterocycles. The maximum atomic E-state index is 13.5. The highest BCUT2D eigenvalue weighted by Crippen LogP contribution is 2.29. The second-order valence-corrected chi connectivity index (χ2v) is 9.21. The van der Waals surface area contributed by atoms with Crippen molar-refractivity contribution in [2.75, 3.05) is 13.1 Å². The number of hydrogen-bond acceptors (Lipinski definition) is 4. The third-order valence-electron chi connectivity index (χ3n) is 5.89. The number of nitrogens with zero attached hydrogens (tertiary/aromatic N) is 3. The van der Waals surface area contributed by atoms with Gasteiger partial charge >= 0.3 is 6.18 Å². The number of thiazole rings is 1. The molecule has 5 nitrogen and oxygen atoms in total. The summed E-state index contributed by atoms with van der Waals surface area (Å²) in [5.41, 5.74) is 0.615. The molecule has 35 heavy (non-hydrogen) atoms. The number of likely N-dealkylation sites (tertiary alicyclic amines) is 1. The van der Waals surface area contributed by atoms with Crippen LogP contribution in [0.3, 0.4) is 0 Å². The minimum absolute atomic E-state index is 0.124. The zero-order chi connectivity index (χ0) is 25.2. The predicted octanol–water partition coefficient (Wildman–Crippen LogP) is 3.61. The molecule has 180 valence electrons. The fourth-order valence-electron chi connectivity index (χ4n) is 3.95. The topological polar surface area (TPSA) is 66.1 Å². The molecule has 2 aromatic carbocycles. The number of carbonyl (C=O) groups is 1. The standard InChI is InChI=1S/C26H22F3N3O2S/c1-2-17-7-11-20(12-8-17)32-24(34)22(15-18-5-9-19(10-6-18)26(27,28)29)35-25(32)21(16-30)23(33)31-13-3-4-14-31/h5-12,15H,2-4,13-14H2,1H3/b22-15+,25-21-. The van der Waals surface area contributed by atoms with E-state index in [1.807, 2.05) is 25.1 Å². The SMILES string of the molecule is CCc1ccc(-n2c(=O)/c(=C\c3ccc(C(F)(F)F)cc3)s/c2=C(/C#N)C(=O)N2CCCC2)cc1. The normalized spacial score (nSPS) is 15.3. The van der Waals surface area contributed by atoms with Crippen molar-refractivity contribution < 1.29 is 18.0 Å². The van der Waals surface area contributed by atoms with Crippen LogP contribution in [0.25, 0.3) is 17.3 Å². The second-order valence-electron chi connectivity index (χ2n) is 8.18. The lowest BCUT2D eigenvalue weighted by atomic mass is 10.1. The number of benzene rings is 2. The largest absolute Gasteiger partial charge is 0.416 e. The van der Waals surface area contributed by atoms with Crippen molar-refractivity contribution in [3.8, 4) is 11.8 Å². The number of halogens is 3. The van der Waals surface area contributed by atoms with Gasteiger partial charge in [-0.1, -0.05) is 31.2 Å². The van der Waals surface area contributed by atoms with E-state index in [-0.39, 0.29) is 14.8 Å². The van der Waals surface area contributed by atoms with Crippen LogP contribution in [0.2, 0.25) is 0 Å². The molecule has 0 saturated carbocycles. The summed E-state index contributed by atoms with van der Waals surface area (Å²) in [4.78, 5) is 28.2. The third-order valence-corrected chi connectivity index (χ3v) is 6.99. The molecule has 4 rings (SSSR count). The van der Waals surface area contributed by atoms with Crippen molar-refractivity contribution in [2.45, 2.75) is 32.4 Å². The van der Waals surface area contributed by atoms with Gasteiger partial charge < -0.3 is 4.90 Å². The maximum Gasteiger partial charge on any atom is 0.416 e. The highest BCUT2D eigenvalue weighted by molar-refractivity contribution is 7.07. The Bertz CT molecular complexity index is 1450. The van der Waals surface area contributed by atoms with E-state index in [1.165, 1.54) is 22.8 Å². The summed E-state index contributed by atoms with van der Waals surface area (Å²) in [7, 11) is 0. The molecule has 0 radical (unpaired) electrons. The Hall–Kier alpha value is -3.64. The molecule has 0 unspecified atom stereocenters. The van der Waals surface area contributed by atoms with Crippen molar-refractivity contribution in [3.05, 3.63) is 84.8 Å². The van der Waals surface area contributed by atoms with Gasteiger partial charge in [-0.15, -0.1) is 11.3 Å². The van der Waals surface area contributed by atoms with Gasteiger partial charge in [0.15, 0.2) is 5.57 Å². The lowest BCUT2D eigenvalue weighted by Crippen LogP contribution is -2.35. The molecule has 1 aliphatic heterocycles. The number of nitriles is 1. The fraction of sp³-hybridized carbons (Fsp3) is 0.269. The highest BCUT2D eigenvalue weighted by atomic mass is 32.1. The Kier molecular flexibility index (Phi) is 6.94. The summed E-state index contributed by atoms with van der Waals surface area (Å²) in [6.45, 7) is 3.11. The molecular weight excluding hydrogens is 475 g/mol. The van der Waals surface area contributed by atoms with Crippen molar-refractivity contribution in [1.29, 1.82) is 5.26 Å². The maximum absolute atomic E-state index is 13.5. The van der Waals surface area contributed by atoms with E-state index in [2.05, 4.69) is 0 Å². The Labute approximate surface area is 203 Å². The van der Waals surface area contributed by atoms with Gasteiger partial charge in [0.05, 0.1) is 15.8 Å². The smallest absolute Gasteiger partial charge is 0.338 e. The molecule has 9 heteroatoms. The Morgan fingerprint density at radius 3 is 2.26 bits per heavy atom. The number of aromatic nitrogens is 1. The quantitative estimate of drug-likeness (QED) is 0.553. The summed E-state index contributed by atoms with van der Waals surface area (Å²) in [5.74, 6) is -0.425. The molecule has 1 amide bonds. The van der Waals surface area contributed by atoms with E-state index in [0.29, 0.717) is 24.3 Å². The molecule has 1 fully saturated rings. The fourth-order valence-corrected chi connectivity index (χ4v) is 5.05. The first-order valence-corrected chi connectivity index (χ1v) is 12.0. The van der Waals surface area contributed by atoms with E-state index >= 15 is 0 Å². The summed E-state index contributed by atoms with van der Waals surface area (Å²) >= 11 is 0.981. The zero-order valence-corrected chi connectivity index (χ0v) is 19.7. The van der Waals surface area contributed by atoms with E-state index in [0.717, 1.165) is 48.3 Å². The summed E-state index contributed by atoms with van der Waals surface area (Å²) < 4.78 is 40.5. The first-order chi connectivity index (χ1) is 16.7. The summed E-state index contributed by atoms with van der Waals surface area (Å²) in [6, 6.07) is 13.7. The monoisotopic (exact) mass is 497 g/mol. The van der Waals surface area contributed by atoms with Gasteiger partial charge in [-0.25, -0.2) is 0 Å². The van der Waals surface area contributed by atoms with Crippen LogP contribution in [-0.4, -0.2) is 28.5 Å². The van der Waals surface area contributed by atoms with Crippen LogP contribution >= 0.6 is 11.3 Å². The van der Waals surface area contributed by atoms with Crippen molar-refractivity contribution in [2.24, 2.45) is 0 Å². The van der Waals surface area contributed by atoms with Crippen LogP contribution in [0.5, 0.6) is 0 Å². The van der Waals surface area contributed by atoms with Gasteiger partial charge in [-0.3, -0.25) is 14.2 Å². The lowest BCUT2D eigenvalue weighted by molar-refractivity contribution is -0.137. The van der Waals surface area contributed by atoms with Gasteiger partial charge in [0, 0.05) is 13.1 Å². The molecule has 0 bridgehead atoms. The molecule has 1 aromatic heterocycles. The number of aryl methyl sites for hydroxylation is 1. The third kappa shape index (κ3) is 5.08. The Balaban J connectivity index is 1.94. The van der Waals surface area contributed by atoms with Gasteiger partial charge in [-0.05, 0) is 60.7 Å². The van der Waals surface area contributed by atoms with Crippen LogP contribution < -0.4 is 14.8 Å². The van der Waals surface area contributed by atoms with E-state index in [9.17, 15) is 28.0 Å². The first-order valence-electron chi connectivity index (χ1n) is 11.2. The van der Waals surface area contributed by atoms with Gasteiger partial charge in [0.2, 0.25) is 0 Å². The summed E-state index contributed by atoms with van der Waals surface area (Å²) in [6.07, 6.45) is -0.469. The van der Waals surface area contributed by atoms with Crippen LogP contribution in [0, 0.1) is 11.3 Å². The lowest BCUT2D eigenvalue weighted by Gasteiger charge is -2.14. The first kappa shape index (κ1) is 24.5. The molecule has 3 aromatic rings. The average molecular weight is 498 g/mol.